The van der Waals surface area contributed by atoms with Gasteiger partial charge in [-0.25, -0.2) is 4.79 Å². The highest BCUT2D eigenvalue weighted by Gasteiger charge is 2.22. The molecule has 22 heavy (non-hydrogen) atoms. The number of halogens is 2. The molecule has 2 aromatic carbocycles. The van der Waals surface area contributed by atoms with E-state index >= 15 is 0 Å². The second-order valence-corrected chi connectivity index (χ2v) is 6.27. The predicted octanol–water partition coefficient (Wildman–Crippen LogP) is 5.08. The van der Waals surface area contributed by atoms with Crippen molar-refractivity contribution < 1.29 is 9.53 Å². The predicted molar refractivity (Wildman–Crippen MR) is 91.1 cm³/mol. The summed E-state index contributed by atoms with van der Waals surface area (Å²) in [4.78, 5) is 13.6. The van der Waals surface area contributed by atoms with Crippen LogP contribution in [0.4, 0.5) is 4.79 Å². The number of amides is 1. The SMILES string of the molecule is Cl.O=C1N[C@@H](c2ccccc2Sc2ccc(Cl)cc2)CCO1. The summed E-state index contributed by atoms with van der Waals surface area (Å²) in [6.45, 7) is 0.455. The minimum Gasteiger partial charge on any atom is -0.449 e. The fourth-order valence-electron chi connectivity index (χ4n) is 2.25. The number of cyclic esters (lactones) is 1. The van der Waals surface area contributed by atoms with Crippen molar-refractivity contribution in [3.8, 4) is 0 Å². The fourth-order valence-corrected chi connectivity index (χ4v) is 3.38. The number of benzene rings is 2. The Morgan fingerprint density at radius 2 is 1.86 bits per heavy atom. The molecule has 0 saturated carbocycles. The van der Waals surface area contributed by atoms with Crippen molar-refractivity contribution >= 4 is 41.9 Å². The maximum Gasteiger partial charge on any atom is 0.407 e. The van der Waals surface area contributed by atoms with E-state index in [0.29, 0.717) is 6.61 Å². The molecule has 116 valence electrons. The number of hydrogen-bond acceptors (Lipinski definition) is 3. The molecular formula is C16H15Cl2NO2S. The topological polar surface area (TPSA) is 38.3 Å². The summed E-state index contributed by atoms with van der Waals surface area (Å²) in [7, 11) is 0. The van der Waals surface area contributed by atoms with Crippen molar-refractivity contribution in [2.75, 3.05) is 6.61 Å². The van der Waals surface area contributed by atoms with E-state index in [1.807, 2.05) is 36.4 Å². The lowest BCUT2D eigenvalue weighted by molar-refractivity contribution is 0.115. The molecule has 1 aliphatic heterocycles. The first-order valence-electron chi connectivity index (χ1n) is 6.68. The Balaban J connectivity index is 0.00000176. The molecular weight excluding hydrogens is 341 g/mol. The van der Waals surface area contributed by atoms with Crippen LogP contribution in [-0.2, 0) is 4.74 Å². The van der Waals surface area contributed by atoms with Gasteiger partial charge in [-0.05, 0) is 35.9 Å². The van der Waals surface area contributed by atoms with Crippen LogP contribution in [0.15, 0.2) is 58.3 Å². The van der Waals surface area contributed by atoms with Crippen LogP contribution in [0.1, 0.15) is 18.0 Å². The Morgan fingerprint density at radius 1 is 1.14 bits per heavy atom. The van der Waals surface area contributed by atoms with Gasteiger partial charge in [0.25, 0.3) is 0 Å². The summed E-state index contributed by atoms with van der Waals surface area (Å²) in [6, 6.07) is 15.8. The van der Waals surface area contributed by atoms with E-state index in [9.17, 15) is 4.79 Å². The van der Waals surface area contributed by atoms with E-state index in [2.05, 4.69) is 17.4 Å². The molecule has 1 amide bonds. The van der Waals surface area contributed by atoms with Crippen molar-refractivity contribution in [3.05, 3.63) is 59.1 Å². The van der Waals surface area contributed by atoms with E-state index in [1.165, 1.54) is 0 Å². The second-order valence-electron chi connectivity index (χ2n) is 4.72. The minimum atomic E-state index is -0.349. The molecule has 0 spiro atoms. The molecule has 0 aliphatic carbocycles. The third-order valence-electron chi connectivity index (χ3n) is 3.27. The average molecular weight is 356 g/mol. The highest BCUT2D eigenvalue weighted by molar-refractivity contribution is 7.99. The highest BCUT2D eigenvalue weighted by atomic mass is 35.5. The van der Waals surface area contributed by atoms with Crippen LogP contribution in [0, 0.1) is 0 Å². The van der Waals surface area contributed by atoms with Gasteiger partial charge in [0.05, 0.1) is 12.6 Å². The van der Waals surface area contributed by atoms with E-state index in [0.717, 1.165) is 26.8 Å². The molecule has 3 rings (SSSR count). The van der Waals surface area contributed by atoms with Crippen LogP contribution in [0.3, 0.4) is 0 Å². The maximum atomic E-state index is 11.4. The quantitative estimate of drug-likeness (QED) is 0.833. The molecule has 0 bridgehead atoms. The molecule has 1 saturated heterocycles. The number of alkyl carbamates (subject to hydrolysis) is 1. The van der Waals surface area contributed by atoms with E-state index in [1.54, 1.807) is 11.8 Å². The standard InChI is InChI=1S/C16H14ClNO2S.ClH/c17-11-5-7-12(8-6-11)21-15-4-2-1-3-13(15)14-9-10-20-16(19)18-14;/h1-8,14H,9-10H2,(H,18,19);1H/t14-;/m1./s1. The zero-order chi connectivity index (χ0) is 14.7. The van der Waals surface area contributed by atoms with Crippen molar-refractivity contribution in [3.63, 3.8) is 0 Å². The van der Waals surface area contributed by atoms with E-state index < -0.39 is 0 Å². The maximum absolute atomic E-state index is 11.4. The van der Waals surface area contributed by atoms with Crippen LogP contribution in [-0.4, -0.2) is 12.7 Å². The van der Waals surface area contributed by atoms with Gasteiger partial charge >= 0.3 is 6.09 Å². The van der Waals surface area contributed by atoms with Crippen LogP contribution < -0.4 is 5.32 Å². The molecule has 6 heteroatoms. The molecule has 0 unspecified atom stereocenters. The molecule has 0 radical (unpaired) electrons. The van der Waals surface area contributed by atoms with Gasteiger partial charge in [0.2, 0.25) is 0 Å². The zero-order valence-electron chi connectivity index (χ0n) is 11.6. The molecule has 1 fully saturated rings. The van der Waals surface area contributed by atoms with Crippen LogP contribution in [0.25, 0.3) is 0 Å². The lowest BCUT2D eigenvalue weighted by atomic mass is 10.0. The smallest absolute Gasteiger partial charge is 0.407 e. The Hall–Kier alpha value is -1.36. The van der Waals surface area contributed by atoms with E-state index in [-0.39, 0.29) is 24.5 Å². The molecule has 0 aromatic heterocycles. The summed E-state index contributed by atoms with van der Waals surface area (Å²) in [5, 5.41) is 3.60. The normalized spacial score (nSPS) is 17.1. The fraction of sp³-hybridized carbons (Fsp3) is 0.188. The molecule has 1 heterocycles. The Labute approximate surface area is 144 Å². The van der Waals surface area contributed by atoms with E-state index in [4.69, 9.17) is 16.3 Å². The number of carbonyl (C=O) groups is 1. The molecule has 1 atom stereocenters. The summed E-state index contributed by atoms with van der Waals surface area (Å²) < 4.78 is 4.93. The van der Waals surface area contributed by atoms with Gasteiger partial charge < -0.3 is 10.1 Å². The van der Waals surface area contributed by atoms with Gasteiger partial charge in [-0.2, -0.15) is 0 Å². The van der Waals surface area contributed by atoms with Crippen LogP contribution in [0.2, 0.25) is 5.02 Å². The van der Waals surface area contributed by atoms with Crippen molar-refractivity contribution in [1.82, 2.24) is 5.32 Å². The summed E-state index contributed by atoms with van der Waals surface area (Å²) in [5.74, 6) is 0. The first-order chi connectivity index (χ1) is 10.2. The van der Waals surface area contributed by atoms with Crippen LogP contribution in [0.5, 0.6) is 0 Å². The third-order valence-corrected chi connectivity index (χ3v) is 4.62. The molecule has 1 N–H and O–H groups in total. The summed E-state index contributed by atoms with van der Waals surface area (Å²) >= 11 is 7.58. The minimum absolute atomic E-state index is 0. The van der Waals surface area contributed by atoms with Crippen molar-refractivity contribution in [2.45, 2.75) is 22.3 Å². The molecule has 2 aromatic rings. The highest BCUT2D eigenvalue weighted by Crippen LogP contribution is 2.35. The average Bonchev–Trinajstić information content (AvgIpc) is 2.50. The van der Waals surface area contributed by atoms with Crippen molar-refractivity contribution in [1.29, 1.82) is 0 Å². The number of rotatable bonds is 3. The zero-order valence-corrected chi connectivity index (χ0v) is 14.0. The first-order valence-corrected chi connectivity index (χ1v) is 7.87. The Bertz CT molecular complexity index is 649. The molecule has 3 nitrogen and oxygen atoms in total. The Morgan fingerprint density at radius 3 is 2.59 bits per heavy atom. The number of nitrogens with one attached hydrogen (secondary N) is 1. The lowest BCUT2D eigenvalue weighted by Crippen LogP contribution is -2.35. The summed E-state index contributed by atoms with van der Waals surface area (Å²) in [5.41, 5.74) is 1.12. The largest absolute Gasteiger partial charge is 0.449 e. The second kappa shape index (κ2) is 7.77. The lowest BCUT2D eigenvalue weighted by Gasteiger charge is -2.25. The summed E-state index contributed by atoms with van der Waals surface area (Å²) in [6.07, 6.45) is 0.432. The van der Waals surface area contributed by atoms with Gasteiger partial charge in [0, 0.05) is 21.2 Å². The van der Waals surface area contributed by atoms with Gasteiger partial charge in [-0.3, -0.25) is 0 Å². The van der Waals surface area contributed by atoms with Gasteiger partial charge in [0.1, 0.15) is 0 Å². The van der Waals surface area contributed by atoms with Crippen LogP contribution >= 0.6 is 35.8 Å². The Kier molecular flexibility index (Phi) is 6.00. The third kappa shape index (κ3) is 4.09. The van der Waals surface area contributed by atoms with Gasteiger partial charge in [0.15, 0.2) is 0 Å². The van der Waals surface area contributed by atoms with Gasteiger partial charge in [-0.1, -0.05) is 41.6 Å². The van der Waals surface area contributed by atoms with Gasteiger partial charge in [-0.15, -0.1) is 12.4 Å². The number of carbonyl (C=O) groups excluding carboxylic acids is 1. The molecule has 1 aliphatic rings. The first kappa shape index (κ1) is 17.0. The number of ether oxygens (including phenoxy) is 1. The number of hydrogen-bond donors (Lipinski definition) is 1. The monoisotopic (exact) mass is 355 g/mol. The van der Waals surface area contributed by atoms with Crippen molar-refractivity contribution in [2.24, 2.45) is 0 Å².